The van der Waals surface area contributed by atoms with Gasteiger partial charge in [-0.25, -0.2) is 0 Å². The van der Waals surface area contributed by atoms with Gasteiger partial charge in [-0.15, -0.1) is 15.3 Å². The number of hydrogen-bond acceptors (Lipinski definition) is 5. The molecule has 0 saturated heterocycles. The summed E-state index contributed by atoms with van der Waals surface area (Å²) in [4.78, 5) is 0. The lowest BCUT2D eigenvalue weighted by molar-refractivity contribution is 0.0284. The van der Waals surface area contributed by atoms with E-state index in [0.29, 0.717) is 6.10 Å². The summed E-state index contributed by atoms with van der Waals surface area (Å²) < 4.78 is 7.56. The Kier molecular flexibility index (Phi) is 4.42. The summed E-state index contributed by atoms with van der Waals surface area (Å²) in [6.07, 6.45) is 9.59. The smallest absolute Gasteiger partial charge is 0.177 e. The molecule has 20 heavy (non-hydrogen) atoms. The fourth-order valence-corrected chi connectivity index (χ4v) is 2.59. The van der Waals surface area contributed by atoms with E-state index >= 15 is 0 Å². The molecule has 0 unspecified atom stereocenters. The second kappa shape index (κ2) is 6.65. The largest absolute Gasteiger partial charge is 0.378 e. The van der Waals surface area contributed by atoms with E-state index < -0.39 is 0 Å². The molecule has 0 radical (unpaired) electrons. The van der Waals surface area contributed by atoms with E-state index in [1.807, 2.05) is 12.1 Å². The molecule has 2 aromatic rings. The first-order valence-electron chi connectivity index (χ1n) is 7.44. The second-order valence-electron chi connectivity index (χ2n) is 5.26. The molecule has 2 aromatic heterocycles. The first-order chi connectivity index (χ1) is 9.92. The predicted octanol–water partition coefficient (Wildman–Crippen LogP) is 2.28. The van der Waals surface area contributed by atoms with Crippen molar-refractivity contribution in [1.29, 1.82) is 0 Å². The van der Waals surface area contributed by atoms with Gasteiger partial charge in [-0.1, -0.05) is 19.3 Å². The lowest BCUT2D eigenvalue weighted by Gasteiger charge is -2.21. The van der Waals surface area contributed by atoms with Crippen molar-refractivity contribution in [2.45, 2.75) is 44.6 Å². The highest BCUT2D eigenvalue weighted by atomic mass is 16.5. The first kappa shape index (κ1) is 13.3. The normalized spacial score (nSPS) is 16.6. The lowest BCUT2D eigenvalue weighted by Crippen LogP contribution is -2.18. The van der Waals surface area contributed by atoms with Crippen LogP contribution in [-0.2, 0) is 4.74 Å². The van der Waals surface area contributed by atoms with Gasteiger partial charge in [0.1, 0.15) is 12.1 Å². The average Bonchev–Trinajstić information content (AvgIpc) is 2.95. The Labute approximate surface area is 118 Å². The van der Waals surface area contributed by atoms with Gasteiger partial charge in [-0.05, 0) is 31.4 Å². The van der Waals surface area contributed by atoms with E-state index in [4.69, 9.17) is 4.74 Å². The molecular formula is C14H21N5O. The maximum absolute atomic E-state index is 5.89. The standard InChI is InChI=1S/C14H21N5O/c1-2-5-12(6-3-1)20-10-4-9-15-13-7-8-14-17-16-11-19(14)18-13/h7-8,11-12H,1-6,9-10H2,(H,15,18). The number of ether oxygens (including phenoxy) is 1. The SMILES string of the molecule is c1cc2nncn2nc1NCCCOC1CCCCC1. The number of aromatic nitrogens is 4. The topological polar surface area (TPSA) is 64.3 Å². The van der Waals surface area contributed by atoms with E-state index in [0.717, 1.165) is 31.0 Å². The van der Waals surface area contributed by atoms with Crippen molar-refractivity contribution in [2.24, 2.45) is 0 Å². The van der Waals surface area contributed by atoms with Crippen molar-refractivity contribution in [2.75, 3.05) is 18.5 Å². The Hall–Kier alpha value is -1.69. The summed E-state index contributed by atoms with van der Waals surface area (Å²) >= 11 is 0. The van der Waals surface area contributed by atoms with Crippen molar-refractivity contribution < 1.29 is 4.74 Å². The van der Waals surface area contributed by atoms with Crippen molar-refractivity contribution in [3.05, 3.63) is 18.5 Å². The van der Waals surface area contributed by atoms with Crippen LogP contribution in [0.4, 0.5) is 5.82 Å². The third-order valence-electron chi connectivity index (χ3n) is 3.69. The molecule has 1 aliphatic carbocycles. The summed E-state index contributed by atoms with van der Waals surface area (Å²) in [6.45, 7) is 1.69. The average molecular weight is 275 g/mol. The van der Waals surface area contributed by atoms with Gasteiger partial charge in [-0.2, -0.15) is 4.52 Å². The molecule has 1 N–H and O–H groups in total. The monoisotopic (exact) mass is 275 g/mol. The summed E-state index contributed by atoms with van der Waals surface area (Å²) in [7, 11) is 0. The van der Waals surface area contributed by atoms with Crippen LogP contribution < -0.4 is 5.32 Å². The van der Waals surface area contributed by atoms with Gasteiger partial charge < -0.3 is 10.1 Å². The Balaban J connectivity index is 1.36. The molecule has 0 bridgehead atoms. The fraction of sp³-hybridized carbons (Fsp3) is 0.643. The zero-order chi connectivity index (χ0) is 13.6. The van der Waals surface area contributed by atoms with E-state index in [9.17, 15) is 0 Å². The van der Waals surface area contributed by atoms with Crippen LogP contribution >= 0.6 is 0 Å². The molecule has 0 aromatic carbocycles. The molecule has 1 aliphatic rings. The molecule has 1 saturated carbocycles. The molecule has 0 aliphatic heterocycles. The van der Waals surface area contributed by atoms with E-state index in [1.54, 1.807) is 10.8 Å². The Morgan fingerprint density at radius 2 is 2.15 bits per heavy atom. The highest BCUT2D eigenvalue weighted by Crippen LogP contribution is 2.20. The van der Waals surface area contributed by atoms with Gasteiger partial charge in [0.15, 0.2) is 5.65 Å². The van der Waals surface area contributed by atoms with Crippen LogP contribution in [0.2, 0.25) is 0 Å². The minimum Gasteiger partial charge on any atom is -0.378 e. The van der Waals surface area contributed by atoms with Crippen molar-refractivity contribution in [3.8, 4) is 0 Å². The summed E-state index contributed by atoms with van der Waals surface area (Å²) in [5.41, 5.74) is 0.760. The lowest BCUT2D eigenvalue weighted by atomic mass is 9.98. The summed E-state index contributed by atoms with van der Waals surface area (Å²) in [5.74, 6) is 0.843. The minimum atomic E-state index is 0.496. The third kappa shape index (κ3) is 3.45. The van der Waals surface area contributed by atoms with Gasteiger partial charge in [0, 0.05) is 13.2 Å². The minimum absolute atomic E-state index is 0.496. The van der Waals surface area contributed by atoms with Crippen LogP contribution in [-0.4, -0.2) is 39.1 Å². The molecule has 3 rings (SSSR count). The molecule has 0 amide bonds. The molecule has 0 spiro atoms. The molecule has 0 atom stereocenters. The number of nitrogens with one attached hydrogen (secondary N) is 1. The van der Waals surface area contributed by atoms with E-state index in [-0.39, 0.29) is 0 Å². The van der Waals surface area contributed by atoms with Gasteiger partial charge >= 0.3 is 0 Å². The highest BCUT2D eigenvalue weighted by Gasteiger charge is 2.12. The molecule has 1 fully saturated rings. The molecule has 6 heteroatoms. The van der Waals surface area contributed by atoms with Gasteiger partial charge in [0.2, 0.25) is 0 Å². The van der Waals surface area contributed by atoms with Crippen LogP contribution in [0.15, 0.2) is 18.5 Å². The Morgan fingerprint density at radius 3 is 3.05 bits per heavy atom. The fourth-order valence-electron chi connectivity index (χ4n) is 2.59. The highest BCUT2D eigenvalue weighted by molar-refractivity contribution is 5.42. The molecular weight excluding hydrogens is 254 g/mol. The van der Waals surface area contributed by atoms with Crippen molar-refractivity contribution in [3.63, 3.8) is 0 Å². The number of nitrogens with zero attached hydrogens (tertiary/aromatic N) is 4. The van der Waals surface area contributed by atoms with E-state index in [2.05, 4.69) is 20.6 Å². The van der Waals surface area contributed by atoms with Crippen LogP contribution in [0.3, 0.4) is 0 Å². The van der Waals surface area contributed by atoms with Crippen molar-refractivity contribution >= 4 is 11.5 Å². The zero-order valence-electron chi connectivity index (χ0n) is 11.7. The van der Waals surface area contributed by atoms with Crippen molar-refractivity contribution in [1.82, 2.24) is 19.8 Å². The Bertz CT molecular complexity index is 535. The molecule has 2 heterocycles. The third-order valence-corrected chi connectivity index (χ3v) is 3.69. The second-order valence-corrected chi connectivity index (χ2v) is 5.26. The number of anilines is 1. The first-order valence-corrected chi connectivity index (χ1v) is 7.44. The van der Waals surface area contributed by atoms with Crippen LogP contribution in [0, 0.1) is 0 Å². The van der Waals surface area contributed by atoms with Gasteiger partial charge in [-0.3, -0.25) is 0 Å². The number of rotatable bonds is 6. The number of fused-ring (bicyclic) bond motifs is 1. The quantitative estimate of drug-likeness (QED) is 0.819. The zero-order valence-corrected chi connectivity index (χ0v) is 11.7. The summed E-state index contributed by atoms with van der Waals surface area (Å²) in [5, 5.41) is 15.4. The Morgan fingerprint density at radius 1 is 1.25 bits per heavy atom. The van der Waals surface area contributed by atoms with Gasteiger partial charge in [0.25, 0.3) is 0 Å². The van der Waals surface area contributed by atoms with Crippen LogP contribution in [0.1, 0.15) is 38.5 Å². The predicted molar refractivity (Wildman–Crippen MR) is 76.7 cm³/mol. The van der Waals surface area contributed by atoms with Gasteiger partial charge in [0.05, 0.1) is 6.10 Å². The maximum atomic E-state index is 5.89. The van der Waals surface area contributed by atoms with Crippen LogP contribution in [0.5, 0.6) is 0 Å². The van der Waals surface area contributed by atoms with E-state index in [1.165, 1.54) is 32.1 Å². The molecule has 108 valence electrons. The number of hydrogen-bond donors (Lipinski definition) is 1. The van der Waals surface area contributed by atoms with Crippen LogP contribution in [0.25, 0.3) is 5.65 Å². The maximum Gasteiger partial charge on any atom is 0.177 e. The summed E-state index contributed by atoms with van der Waals surface area (Å²) in [6, 6.07) is 3.83. The molecule has 6 nitrogen and oxygen atoms in total.